The summed E-state index contributed by atoms with van der Waals surface area (Å²) in [6.07, 6.45) is 0. The van der Waals surface area contributed by atoms with Gasteiger partial charge in [-0.2, -0.15) is 0 Å². The molecule has 0 aliphatic rings. The van der Waals surface area contributed by atoms with Gasteiger partial charge in [-0.3, -0.25) is 9.59 Å². The third-order valence-corrected chi connectivity index (χ3v) is 3.92. The first-order valence-corrected chi connectivity index (χ1v) is 8.29. The SMILES string of the molecule is COc1ccccc1NC(=O)c1cccc(C(=O)Nc2ccc(F)c(F)c2)c1. The number of methoxy groups -OCH3 is 1. The second-order valence-corrected chi connectivity index (χ2v) is 5.82. The van der Waals surface area contributed by atoms with Crippen LogP contribution in [0.4, 0.5) is 20.2 Å². The van der Waals surface area contributed by atoms with Crippen molar-refractivity contribution in [2.75, 3.05) is 17.7 Å². The van der Waals surface area contributed by atoms with Crippen LogP contribution >= 0.6 is 0 Å². The van der Waals surface area contributed by atoms with Crippen molar-refractivity contribution in [3.63, 3.8) is 0 Å². The van der Waals surface area contributed by atoms with Crippen molar-refractivity contribution in [3.8, 4) is 5.75 Å². The largest absolute Gasteiger partial charge is 0.495 e. The highest BCUT2D eigenvalue weighted by atomic mass is 19.2. The molecule has 3 aromatic rings. The summed E-state index contributed by atoms with van der Waals surface area (Å²) in [5.41, 5.74) is 1.04. The number of para-hydroxylation sites is 2. The molecular weight excluding hydrogens is 366 g/mol. The van der Waals surface area contributed by atoms with Crippen LogP contribution in [0.2, 0.25) is 0 Å². The smallest absolute Gasteiger partial charge is 0.255 e. The van der Waals surface area contributed by atoms with Crippen LogP contribution in [0.15, 0.2) is 66.7 Å². The van der Waals surface area contributed by atoms with Gasteiger partial charge in [0.2, 0.25) is 0 Å². The monoisotopic (exact) mass is 382 g/mol. The molecule has 3 rings (SSSR count). The number of carbonyl (C=O) groups is 2. The molecule has 0 aliphatic carbocycles. The van der Waals surface area contributed by atoms with E-state index in [1.165, 1.54) is 25.3 Å². The number of amides is 2. The van der Waals surface area contributed by atoms with Crippen molar-refractivity contribution in [1.29, 1.82) is 0 Å². The maximum absolute atomic E-state index is 13.3. The van der Waals surface area contributed by atoms with Crippen LogP contribution in [0.25, 0.3) is 0 Å². The van der Waals surface area contributed by atoms with Crippen molar-refractivity contribution in [3.05, 3.63) is 89.5 Å². The van der Waals surface area contributed by atoms with E-state index < -0.39 is 23.4 Å². The summed E-state index contributed by atoms with van der Waals surface area (Å²) in [6.45, 7) is 0. The van der Waals surface area contributed by atoms with E-state index in [0.717, 1.165) is 12.1 Å². The second-order valence-electron chi connectivity index (χ2n) is 5.82. The van der Waals surface area contributed by atoms with Crippen LogP contribution in [-0.2, 0) is 0 Å². The average Bonchev–Trinajstić information content (AvgIpc) is 2.71. The Labute approximate surface area is 160 Å². The van der Waals surface area contributed by atoms with E-state index in [0.29, 0.717) is 11.4 Å². The molecule has 7 heteroatoms. The number of rotatable bonds is 5. The first kappa shape index (κ1) is 19.0. The lowest BCUT2D eigenvalue weighted by Gasteiger charge is -2.11. The molecule has 2 N–H and O–H groups in total. The molecule has 0 saturated carbocycles. The molecule has 2 amide bonds. The Hall–Kier alpha value is -3.74. The molecule has 0 atom stereocenters. The molecule has 0 heterocycles. The van der Waals surface area contributed by atoms with Crippen LogP contribution in [-0.4, -0.2) is 18.9 Å². The van der Waals surface area contributed by atoms with Crippen molar-refractivity contribution < 1.29 is 23.1 Å². The van der Waals surface area contributed by atoms with Gasteiger partial charge in [0.05, 0.1) is 12.8 Å². The number of benzene rings is 3. The Balaban J connectivity index is 1.76. The van der Waals surface area contributed by atoms with Gasteiger partial charge in [0.15, 0.2) is 11.6 Å². The van der Waals surface area contributed by atoms with E-state index in [1.807, 2.05) is 0 Å². The standard InChI is InChI=1S/C21H16F2N2O3/c1-28-19-8-3-2-7-18(19)25-21(27)14-6-4-5-13(11-14)20(26)24-15-9-10-16(22)17(23)12-15/h2-12H,1H3,(H,24,26)(H,25,27). The molecule has 142 valence electrons. The van der Waals surface area contributed by atoms with Crippen LogP contribution in [0.5, 0.6) is 5.75 Å². The molecule has 0 spiro atoms. The lowest BCUT2D eigenvalue weighted by atomic mass is 10.1. The van der Waals surface area contributed by atoms with Crippen molar-refractivity contribution in [2.45, 2.75) is 0 Å². The lowest BCUT2D eigenvalue weighted by Crippen LogP contribution is -2.16. The Bertz CT molecular complexity index is 1040. The van der Waals surface area contributed by atoms with Gasteiger partial charge in [-0.1, -0.05) is 18.2 Å². The molecule has 3 aromatic carbocycles. The number of halogens is 2. The molecule has 28 heavy (non-hydrogen) atoms. The first-order valence-electron chi connectivity index (χ1n) is 8.29. The quantitative estimate of drug-likeness (QED) is 0.684. The Morgan fingerprint density at radius 2 is 1.46 bits per heavy atom. The third kappa shape index (κ3) is 4.32. The summed E-state index contributed by atoms with van der Waals surface area (Å²) >= 11 is 0. The number of carbonyl (C=O) groups excluding carboxylic acids is 2. The number of nitrogens with one attached hydrogen (secondary N) is 2. The zero-order valence-corrected chi connectivity index (χ0v) is 14.8. The van der Waals surface area contributed by atoms with Crippen molar-refractivity contribution in [1.82, 2.24) is 0 Å². The summed E-state index contributed by atoms with van der Waals surface area (Å²) in [5.74, 6) is -2.55. The minimum absolute atomic E-state index is 0.104. The molecule has 0 fully saturated rings. The predicted octanol–water partition coefficient (Wildman–Crippen LogP) is 4.48. The summed E-state index contributed by atoms with van der Waals surface area (Å²) < 4.78 is 31.5. The van der Waals surface area contributed by atoms with E-state index in [1.54, 1.807) is 36.4 Å². The second kappa shape index (κ2) is 8.30. The van der Waals surface area contributed by atoms with Gasteiger partial charge in [-0.05, 0) is 42.5 Å². The average molecular weight is 382 g/mol. The zero-order chi connectivity index (χ0) is 20.1. The normalized spacial score (nSPS) is 10.2. The summed E-state index contributed by atoms with van der Waals surface area (Å²) in [5, 5.41) is 5.18. The predicted molar refractivity (Wildman–Crippen MR) is 102 cm³/mol. The maximum atomic E-state index is 13.3. The number of ether oxygens (including phenoxy) is 1. The van der Waals surface area contributed by atoms with Gasteiger partial charge in [-0.25, -0.2) is 8.78 Å². The molecule has 0 saturated heterocycles. The lowest BCUT2D eigenvalue weighted by molar-refractivity contribution is 0.102. The van der Waals surface area contributed by atoms with E-state index in [4.69, 9.17) is 4.74 Å². The minimum Gasteiger partial charge on any atom is -0.495 e. The van der Waals surface area contributed by atoms with Crippen LogP contribution in [0, 0.1) is 11.6 Å². The van der Waals surface area contributed by atoms with Gasteiger partial charge in [0, 0.05) is 22.9 Å². The summed E-state index contributed by atoms with van der Waals surface area (Å²) in [6, 6.07) is 16.0. The minimum atomic E-state index is -1.07. The van der Waals surface area contributed by atoms with E-state index in [9.17, 15) is 18.4 Å². The fourth-order valence-corrected chi connectivity index (χ4v) is 2.52. The molecule has 0 radical (unpaired) electrons. The third-order valence-electron chi connectivity index (χ3n) is 3.92. The van der Waals surface area contributed by atoms with E-state index >= 15 is 0 Å². The van der Waals surface area contributed by atoms with Gasteiger partial charge in [0.25, 0.3) is 11.8 Å². The highest BCUT2D eigenvalue weighted by Gasteiger charge is 2.13. The van der Waals surface area contributed by atoms with Crippen molar-refractivity contribution >= 4 is 23.2 Å². The number of hydrogen-bond acceptors (Lipinski definition) is 3. The number of anilines is 2. The molecule has 5 nitrogen and oxygen atoms in total. The topological polar surface area (TPSA) is 67.4 Å². The van der Waals surface area contributed by atoms with Gasteiger partial charge in [0.1, 0.15) is 5.75 Å². The summed E-state index contributed by atoms with van der Waals surface area (Å²) in [4.78, 5) is 24.9. The van der Waals surface area contributed by atoms with Crippen LogP contribution in [0.3, 0.4) is 0 Å². The molecule has 0 aliphatic heterocycles. The van der Waals surface area contributed by atoms with Gasteiger partial charge < -0.3 is 15.4 Å². The fraction of sp³-hybridized carbons (Fsp3) is 0.0476. The highest BCUT2D eigenvalue weighted by molar-refractivity contribution is 6.09. The molecular formula is C21H16F2N2O3. The summed E-state index contributed by atoms with van der Waals surface area (Å²) in [7, 11) is 1.49. The highest BCUT2D eigenvalue weighted by Crippen LogP contribution is 2.24. The fourth-order valence-electron chi connectivity index (χ4n) is 2.52. The Morgan fingerprint density at radius 3 is 2.14 bits per heavy atom. The maximum Gasteiger partial charge on any atom is 0.255 e. The zero-order valence-electron chi connectivity index (χ0n) is 14.8. The Kier molecular flexibility index (Phi) is 5.64. The van der Waals surface area contributed by atoms with E-state index in [-0.39, 0.29) is 16.8 Å². The Morgan fingerprint density at radius 1 is 0.786 bits per heavy atom. The molecule has 0 aromatic heterocycles. The van der Waals surface area contributed by atoms with E-state index in [2.05, 4.69) is 10.6 Å². The van der Waals surface area contributed by atoms with Gasteiger partial charge >= 0.3 is 0 Å². The molecule has 0 bridgehead atoms. The number of hydrogen-bond donors (Lipinski definition) is 2. The molecule has 0 unspecified atom stereocenters. The first-order chi connectivity index (χ1) is 13.5. The van der Waals surface area contributed by atoms with Crippen LogP contribution < -0.4 is 15.4 Å². The van der Waals surface area contributed by atoms with Crippen LogP contribution in [0.1, 0.15) is 20.7 Å². The van der Waals surface area contributed by atoms with Crippen molar-refractivity contribution in [2.24, 2.45) is 0 Å². The van der Waals surface area contributed by atoms with Gasteiger partial charge in [-0.15, -0.1) is 0 Å².